The van der Waals surface area contributed by atoms with E-state index >= 15 is 4.39 Å². The third-order valence-corrected chi connectivity index (χ3v) is 5.05. The van der Waals surface area contributed by atoms with Crippen molar-refractivity contribution in [2.75, 3.05) is 11.9 Å². The fourth-order valence-electron chi connectivity index (χ4n) is 2.48. The Kier molecular flexibility index (Phi) is 6.74. The maximum Gasteiger partial charge on any atom is 0.278 e. The molecule has 1 unspecified atom stereocenters. The van der Waals surface area contributed by atoms with Crippen molar-refractivity contribution in [2.24, 2.45) is 5.92 Å². The first-order valence-electron chi connectivity index (χ1n) is 8.75. The Bertz CT molecular complexity index is 1040. The van der Waals surface area contributed by atoms with E-state index in [1.54, 1.807) is 18.2 Å². The lowest BCUT2D eigenvalue weighted by Gasteiger charge is -2.17. The molecule has 1 aromatic carbocycles. The number of nitrogens with one attached hydrogen (secondary N) is 2. The number of hydrogen-bond acceptors (Lipinski definition) is 5. The third kappa shape index (κ3) is 4.87. The number of amides is 1. The van der Waals surface area contributed by atoms with Gasteiger partial charge in [0, 0.05) is 23.1 Å². The van der Waals surface area contributed by atoms with Crippen LogP contribution in [0.3, 0.4) is 0 Å². The van der Waals surface area contributed by atoms with Gasteiger partial charge in [0.05, 0.1) is 28.1 Å². The van der Waals surface area contributed by atoms with Crippen molar-refractivity contribution in [3.63, 3.8) is 0 Å². The van der Waals surface area contributed by atoms with Gasteiger partial charge in [-0.05, 0) is 24.1 Å². The number of fused-ring (bicyclic) bond motifs is 1. The topological polar surface area (TPSA) is 87.9 Å². The lowest BCUT2D eigenvalue weighted by Crippen LogP contribution is -2.31. The van der Waals surface area contributed by atoms with Crippen LogP contribution in [0.25, 0.3) is 5.65 Å². The minimum absolute atomic E-state index is 0.0222. The van der Waals surface area contributed by atoms with Crippen molar-refractivity contribution in [3.8, 4) is 0 Å². The van der Waals surface area contributed by atoms with Gasteiger partial charge in [-0.15, -0.1) is 0 Å². The van der Waals surface area contributed by atoms with E-state index in [4.69, 9.17) is 16.4 Å². The van der Waals surface area contributed by atoms with E-state index in [-0.39, 0.29) is 29.4 Å². The van der Waals surface area contributed by atoms with Crippen LogP contribution in [0.1, 0.15) is 24.2 Å². The van der Waals surface area contributed by atoms with Crippen molar-refractivity contribution < 1.29 is 19.1 Å². The number of nitrogens with zero attached hydrogens (tertiary/aromatic N) is 2. The number of pyridine rings is 1. The Morgan fingerprint density at radius 2 is 2.21 bits per heavy atom. The van der Waals surface area contributed by atoms with Crippen molar-refractivity contribution >= 4 is 50.5 Å². The summed E-state index contributed by atoms with van der Waals surface area (Å²) in [5, 5.41) is 13.0. The van der Waals surface area contributed by atoms with E-state index in [1.165, 1.54) is 23.0 Å². The maximum absolute atomic E-state index is 15.1. The van der Waals surface area contributed by atoms with Gasteiger partial charge in [0.2, 0.25) is 0 Å². The molecule has 29 heavy (non-hydrogen) atoms. The zero-order valence-electron chi connectivity index (χ0n) is 15.6. The number of hydrogen-bond donors (Lipinski definition) is 3. The number of benzene rings is 1. The van der Waals surface area contributed by atoms with Crippen LogP contribution >= 0.6 is 27.5 Å². The normalized spacial score (nSPS) is 12.4. The second-order valence-corrected chi connectivity index (χ2v) is 8.02. The molecule has 0 fully saturated rings. The molecule has 1 atom stereocenters. The molecule has 0 aliphatic carbocycles. The van der Waals surface area contributed by atoms with Gasteiger partial charge in [-0.2, -0.15) is 0 Å². The van der Waals surface area contributed by atoms with E-state index in [2.05, 4.69) is 31.7 Å². The zero-order chi connectivity index (χ0) is 21.1. The molecule has 0 radical (unpaired) electrons. The maximum atomic E-state index is 15.1. The second-order valence-electron chi connectivity index (χ2n) is 6.69. The Hall–Kier alpha value is -2.20. The summed E-state index contributed by atoms with van der Waals surface area (Å²) >= 11 is 9.53. The minimum atomic E-state index is -0.748. The highest BCUT2D eigenvalue weighted by Gasteiger charge is 2.21. The summed E-state index contributed by atoms with van der Waals surface area (Å²) in [7, 11) is 0. The summed E-state index contributed by atoms with van der Waals surface area (Å²) in [4.78, 5) is 21.7. The lowest BCUT2D eigenvalue weighted by atomic mass is 10.1. The number of halogens is 3. The van der Waals surface area contributed by atoms with Crippen LogP contribution in [0.2, 0.25) is 5.02 Å². The summed E-state index contributed by atoms with van der Waals surface area (Å²) in [6.07, 6.45) is 3.63. The first-order chi connectivity index (χ1) is 13.8. The van der Waals surface area contributed by atoms with Gasteiger partial charge in [0.25, 0.3) is 5.91 Å². The Labute approximate surface area is 179 Å². The summed E-state index contributed by atoms with van der Waals surface area (Å²) in [6.45, 7) is 3.55. The largest absolute Gasteiger partial charge is 0.390 e. The van der Waals surface area contributed by atoms with Crippen LogP contribution in [0.5, 0.6) is 0 Å². The number of aliphatic hydroxyl groups is 1. The van der Waals surface area contributed by atoms with Crippen LogP contribution in [-0.4, -0.2) is 33.1 Å². The zero-order valence-corrected chi connectivity index (χ0v) is 18.0. The number of carbonyl (C=O) groups is 1. The Morgan fingerprint density at radius 1 is 1.45 bits per heavy atom. The molecule has 0 aliphatic heterocycles. The molecule has 0 spiro atoms. The van der Waals surface area contributed by atoms with Crippen molar-refractivity contribution in [2.45, 2.75) is 20.0 Å². The molecule has 0 aliphatic rings. The summed E-state index contributed by atoms with van der Waals surface area (Å²) < 4.78 is 17.3. The van der Waals surface area contributed by atoms with Crippen molar-refractivity contribution in [1.82, 2.24) is 14.9 Å². The highest BCUT2D eigenvalue weighted by atomic mass is 79.9. The molecule has 154 valence electrons. The smallest absolute Gasteiger partial charge is 0.278 e. The molecule has 3 rings (SSSR count). The van der Waals surface area contributed by atoms with E-state index in [9.17, 15) is 9.90 Å². The predicted molar refractivity (Wildman–Crippen MR) is 112 cm³/mol. The number of anilines is 2. The van der Waals surface area contributed by atoms with E-state index in [0.717, 1.165) is 4.47 Å². The number of hydroxylamine groups is 1. The van der Waals surface area contributed by atoms with Crippen LogP contribution in [0, 0.1) is 11.7 Å². The lowest BCUT2D eigenvalue weighted by molar-refractivity contribution is -0.0268. The Morgan fingerprint density at radius 3 is 2.90 bits per heavy atom. The van der Waals surface area contributed by atoms with Crippen molar-refractivity contribution in [1.29, 1.82) is 0 Å². The molecular formula is C19H19BrClFN4O3. The molecule has 10 heteroatoms. The number of carbonyl (C=O) groups excluding carboxylic acids is 1. The molecule has 0 saturated heterocycles. The van der Waals surface area contributed by atoms with Crippen molar-refractivity contribution in [3.05, 3.63) is 57.7 Å². The monoisotopic (exact) mass is 484 g/mol. The molecule has 2 heterocycles. The van der Waals surface area contributed by atoms with Crippen LogP contribution in [-0.2, 0) is 4.84 Å². The van der Waals surface area contributed by atoms with E-state index < -0.39 is 17.8 Å². The highest BCUT2D eigenvalue weighted by Crippen LogP contribution is 2.32. The fraction of sp³-hybridized carbons (Fsp3) is 0.263. The van der Waals surface area contributed by atoms with Crippen LogP contribution < -0.4 is 10.8 Å². The standard InChI is InChI=1S/C19H19BrClFN4O3/c1-10(2)15(27)9-29-25-19(28)12-8-26-6-5-23-18(26)16(22)17(12)24-14-4-3-11(20)7-13(14)21/h3-8,10,15,24,27H,9H2,1-2H3,(H,25,28). The quantitative estimate of drug-likeness (QED) is 0.434. The number of aromatic nitrogens is 2. The van der Waals surface area contributed by atoms with Crippen LogP contribution in [0.4, 0.5) is 15.8 Å². The SMILES string of the molecule is CC(C)C(O)CONC(=O)c1cn2ccnc2c(F)c1Nc1ccc(Br)cc1Cl. The molecule has 3 aromatic rings. The second kappa shape index (κ2) is 9.08. The highest BCUT2D eigenvalue weighted by molar-refractivity contribution is 9.10. The fourth-order valence-corrected chi connectivity index (χ4v) is 3.20. The van der Waals surface area contributed by atoms with E-state index in [1.807, 2.05) is 13.8 Å². The first kappa shape index (κ1) is 21.5. The first-order valence-corrected chi connectivity index (χ1v) is 9.92. The molecule has 1 amide bonds. The van der Waals surface area contributed by atoms with Gasteiger partial charge in [0.1, 0.15) is 6.61 Å². The average Bonchev–Trinajstić information content (AvgIpc) is 3.14. The van der Waals surface area contributed by atoms with Gasteiger partial charge in [-0.1, -0.05) is 41.4 Å². The van der Waals surface area contributed by atoms with Gasteiger partial charge < -0.3 is 14.8 Å². The summed E-state index contributed by atoms with van der Waals surface area (Å²) in [5.74, 6) is -1.45. The average molecular weight is 486 g/mol. The van der Waals surface area contributed by atoms with E-state index in [0.29, 0.717) is 10.7 Å². The minimum Gasteiger partial charge on any atom is -0.390 e. The Balaban J connectivity index is 1.92. The number of imidazole rings is 1. The van der Waals surface area contributed by atoms with Gasteiger partial charge in [0.15, 0.2) is 11.5 Å². The van der Waals surface area contributed by atoms with Gasteiger partial charge in [-0.3, -0.25) is 9.63 Å². The molecule has 0 saturated carbocycles. The predicted octanol–water partition coefficient (Wildman–Crippen LogP) is 4.31. The summed E-state index contributed by atoms with van der Waals surface area (Å²) in [5.41, 5.74) is 2.58. The number of rotatable bonds is 7. The number of aliphatic hydroxyl groups excluding tert-OH is 1. The van der Waals surface area contributed by atoms with Gasteiger partial charge >= 0.3 is 0 Å². The summed E-state index contributed by atoms with van der Waals surface area (Å²) in [6, 6.07) is 5.03. The van der Waals surface area contributed by atoms with Crippen LogP contribution in [0.15, 0.2) is 41.3 Å². The molecule has 7 nitrogen and oxygen atoms in total. The third-order valence-electron chi connectivity index (χ3n) is 4.25. The van der Waals surface area contributed by atoms with Gasteiger partial charge in [-0.25, -0.2) is 14.9 Å². The molecular weight excluding hydrogens is 467 g/mol. The molecule has 0 bridgehead atoms. The molecule has 2 aromatic heterocycles. The molecule has 3 N–H and O–H groups in total.